The van der Waals surface area contributed by atoms with E-state index in [2.05, 4.69) is 34.7 Å². The molecular weight excluding hydrogens is 306 g/mol. The van der Waals surface area contributed by atoms with E-state index >= 15 is 0 Å². The normalized spacial score (nSPS) is 11.1. The smallest absolute Gasteiger partial charge is 0.251 e. The summed E-state index contributed by atoms with van der Waals surface area (Å²) in [5.41, 5.74) is 0.623. The van der Waals surface area contributed by atoms with Crippen LogP contribution in [-0.2, 0) is 6.61 Å². The molecule has 2 aromatic rings. The van der Waals surface area contributed by atoms with Crippen LogP contribution in [0.25, 0.3) is 0 Å². The van der Waals surface area contributed by atoms with Crippen molar-refractivity contribution in [3.63, 3.8) is 0 Å². The van der Waals surface area contributed by atoms with Crippen LogP contribution >= 0.6 is 0 Å². The van der Waals surface area contributed by atoms with Gasteiger partial charge >= 0.3 is 0 Å². The van der Waals surface area contributed by atoms with Crippen LogP contribution in [0.1, 0.15) is 56.3 Å². The summed E-state index contributed by atoms with van der Waals surface area (Å²) in [6, 6.07) is 7.24. The summed E-state index contributed by atoms with van der Waals surface area (Å²) < 4.78 is 7.41. The molecule has 1 amide bonds. The Kier molecular flexibility index (Phi) is 6.28. The molecule has 0 aliphatic carbocycles. The lowest BCUT2D eigenvalue weighted by molar-refractivity contribution is 0.0952. The van der Waals surface area contributed by atoms with Crippen molar-refractivity contribution in [3.8, 4) is 5.75 Å². The number of rotatable bonds is 8. The van der Waals surface area contributed by atoms with Gasteiger partial charge in [-0.25, -0.2) is 4.68 Å². The lowest BCUT2D eigenvalue weighted by Gasteiger charge is -2.10. The van der Waals surface area contributed by atoms with Gasteiger partial charge < -0.3 is 10.1 Å². The fourth-order valence-electron chi connectivity index (χ4n) is 2.14. The van der Waals surface area contributed by atoms with Crippen LogP contribution in [-0.4, -0.2) is 32.7 Å². The van der Waals surface area contributed by atoms with E-state index in [4.69, 9.17) is 4.74 Å². The van der Waals surface area contributed by atoms with Crippen LogP contribution in [0.3, 0.4) is 0 Å². The second kappa shape index (κ2) is 8.42. The molecule has 0 unspecified atom stereocenters. The highest BCUT2D eigenvalue weighted by Crippen LogP contribution is 2.14. The minimum Gasteiger partial charge on any atom is -0.486 e. The minimum absolute atomic E-state index is 0.0639. The predicted octanol–water partition coefficient (Wildman–Crippen LogP) is 2.61. The van der Waals surface area contributed by atoms with Gasteiger partial charge in [-0.05, 0) is 60.9 Å². The SMILES string of the molecule is CC(C)CCNC(=O)c1ccc(OCc2nnnn2C(C)C)cc1. The molecule has 1 N–H and O–H groups in total. The van der Waals surface area contributed by atoms with Gasteiger partial charge in [0.15, 0.2) is 5.82 Å². The lowest BCUT2D eigenvalue weighted by atomic mass is 10.1. The molecule has 0 bridgehead atoms. The molecule has 24 heavy (non-hydrogen) atoms. The van der Waals surface area contributed by atoms with Crippen LogP contribution in [0.5, 0.6) is 5.75 Å². The molecule has 7 heteroatoms. The van der Waals surface area contributed by atoms with Gasteiger partial charge in [0, 0.05) is 12.1 Å². The number of hydrogen-bond acceptors (Lipinski definition) is 5. The molecular formula is C17H25N5O2. The Balaban J connectivity index is 1.87. The number of carbonyl (C=O) groups excluding carboxylic acids is 1. The van der Waals surface area contributed by atoms with Crippen molar-refractivity contribution in [1.82, 2.24) is 25.5 Å². The van der Waals surface area contributed by atoms with Crippen molar-refractivity contribution in [1.29, 1.82) is 0 Å². The third-order valence-electron chi connectivity index (χ3n) is 3.54. The molecule has 1 aromatic carbocycles. The first-order chi connectivity index (χ1) is 11.5. The molecule has 130 valence electrons. The third kappa shape index (κ3) is 5.04. The fourth-order valence-corrected chi connectivity index (χ4v) is 2.14. The van der Waals surface area contributed by atoms with E-state index in [9.17, 15) is 4.79 Å². The molecule has 1 heterocycles. The molecule has 1 aromatic heterocycles. The molecule has 2 rings (SSSR count). The van der Waals surface area contributed by atoms with Crippen LogP contribution in [0.2, 0.25) is 0 Å². The van der Waals surface area contributed by atoms with Crippen LogP contribution in [0, 0.1) is 5.92 Å². The zero-order chi connectivity index (χ0) is 17.5. The number of amides is 1. The zero-order valence-electron chi connectivity index (χ0n) is 14.7. The van der Waals surface area contributed by atoms with Gasteiger partial charge in [0.25, 0.3) is 5.91 Å². The molecule has 0 aliphatic heterocycles. The van der Waals surface area contributed by atoms with E-state index in [1.807, 2.05) is 13.8 Å². The number of aromatic nitrogens is 4. The lowest BCUT2D eigenvalue weighted by Crippen LogP contribution is -2.25. The van der Waals surface area contributed by atoms with Gasteiger partial charge in [-0.1, -0.05) is 13.8 Å². The van der Waals surface area contributed by atoms with Crippen LogP contribution < -0.4 is 10.1 Å². The largest absolute Gasteiger partial charge is 0.486 e. The molecule has 0 saturated heterocycles. The molecule has 7 nitrogen and oxygen atoms in total. The summed E-state index contributed by atoms with van der Waals surface area (Å²) in [6.45, 7) is 9.25. The van der Waals surface area contributed by atoms with Gasteiger partial charge in [0.05, 0.1) is 6.04 Å². The maximum absolute atomic E-state index is 12.0. The highest BCUT2D eigenvalue weighted by atomic mass is 16.5. The van der Waals surface area contributed by atoms with Gasteiger partial charge in [-0.3, -0.25) is 4.79 Å². The van der Waals surface area contributed by atoms with Gasteiger partial charge in [-0.15, -0.1) is 5.10 Å². The Morgan fingerprint density at radius 2 is 1.92 bits per heavy atom. The molecule has 0 radical (unpaired) electrons. The number of carbonyl (C=O) groups is 1. The van der Waals surface area contributed by atoms with Crippen molar-refractivity contribution in [2.24, 2.45) is 5.92 Å². The zero-order valence-corrected chi connectivity index (χ0v) is 14.7. The summed E-state index contributed by atoms with van der Waals surface area (Å²) in [7, 11) is 0. The van der Waals surface area contributed by atoms with Crippen molar-refractivity contribution >= 4 is 5.91 Å². The summed E-state index contributed by atoms with van der Waals surface area (Å²) in [5.74, 6) is 1.85. The Labute approximate surface area is 142 Å². The number of nitrogens with one attached hydrogen (secondary N) is 1. The second-order valence-corrected chi connectivity index (χ2v) is 6.38. The van der Waals surface area contributed by atoms with E-state index in [-0.39, 0.29) is 18.6 Å². The first-order valence-corrected chi connectivity index (χ1v) is 8.25. The average molecular weight is 331 g/mol. The van der Waals surface area contributed by atoms with Crippen molar-refractivity contribution in [2.45, 2.75) is 46.8 Å². The highest BCUT2D eigenvalue weighted by molar-refractivity contribution is 5.94. The predicted molar refractivity (Wildman–Crippen MR) is 90.8 cm³/mol. The second-order valence-electron chi connectivity index (χ2n) is 6.38. The summed E-state index contributed by atoms with van der Waals surface area (Å²) in [5, 5.41) is 14.5. The minimum atomic E-state index is -0.0639. The average Bonchev–Trinajstić information content (AvgIpc) is 3.01. The maximum Gasteiger partial charge on any atom is 0.251 e. The molecule has 0 fully saturated rings. The highest BCUT2D eigenvalue weighted by Gasteiger charge is 2.10. The van der Waals surface area contributed by atoms with E-state index in [0.29, 0.717) is 29.6 Å². The standard InChI is InChI=1S/C17H25N5O2/c1-12(2)9-10-18-17(23)14-5-7-15(8-6-14)24-11-16-19-20-21-22(16)13(3)4/h5-8,12-13H,9-11H2,1-4H3,(H,18,23). The first kappa shape index (κ1) is 17.9. The first-order valence-electron chi connectivity index (χ1n) is 8.25. The van der Waals surface area contributed by atoms with Crippen molar-refractivity contribution in [2.75, 3.05) is 6.54 Å². The Bertz CT molecular complexity index is 649. The quantitative estimate of drug-likeness (QED) is 0.804. The number of benzene rings is 1. The van der Waals surface area contributed by atoms with E-state index in [0.717, 1.165) is 6.42 Å². The molecule has 0 atom stereocenters. The maximum atomic E-state index is 12.0. The summed E-state index contributed by atoms with van der Waals surface area (Å²) in [6.07, 6.45) is 0.970. The Hall–Kier alpha value is -2.44. The fraction of sp³-hybridized carbons (Fsp3) is 0.529. The Morgan fingerprint density at radius 1 is 1.21 bits per heavy atom. The van der Waals surface area contributed by atoms with E-state index in [1.165, 1.54) is 0 Å². The Morgan fingerprint density at radius 3 is 2.54 bits per heavy atom. The van der Waals surface area contributed by atoms with Crippen LogP contribution in [0.15, 0.2) is 24.3 Å². The number of ether oxygens (including phenoxy) is 1. The number of nitrogens with zero attached hydrogens (tertiary/aromatic N) is 4. The summed E-state index contributed by atoms with van der Waals surface area (Å²) >= 11 is 0. The third-order valence-corrected chi connectivity index (χ3v) is 3.54. The van der Waals surface area contributed by atoms with Crippen molar-refractivity contribution in [3.05, 3.63) is 35.7 Å². The topological polar surface area (TPSA) is 81.9 Å². The van der Waals surface area contributed by atoms with Gasteiger partial charge in [-0.2, -0.15) is 0 Å². The van der Waals surface area contributed by atoms with E-state index < -0.39 is 0 Å². The number of hydrogen-bond donors (Lipinski definition) is 1. The monoisotopic (exact) mass is 331 g/mol. The number of tetrazole rings is 1. The molecule has 0 spiro atoms. The van der Waals surface area contributed by atoms with Crippen molar-refractivity contribution < 1.29 is 9.53 Å². The molecule has 0 saturated carbocycles. The van der Waals surface area contributed by atoms with Gasteiger partial charge in [0.2, 0.25) is 0 Å². The van der Waals surface area contributed by atoms with Crippen LogP contribution in [0.4, 0.5) is 0 Å². The van der Waals surface area contributed by atoms with Gasteiger partial charge in [0.1, 0.15) is 12.4 Å². The summed E-state index contributed by atoms with van der Waals surface area (Å²) in [4.78, 5) is 12.0. The van der Waals surface area contributed by atoms with E-state index in [1.54, 1.807) is 28.9 Å². The molecule has 0 aliphatic rings.